The highest BCUT2D eigenvalue weighted by atomic mass is 16.1. The van der Waals surface area contributed by atoms with E-state index < -0.39 is 0 Å². The van der Waals surface area contributed by atoms with Crippen molar-refractivity contribution < 1.29 is 4.79 Å². The van der Waals surface area contributed by atoms with Crippen molar-refractivity contribution in [2.45, 2.75) is 19.9 Å². The van der Waals surface area contributed by atoms with Crippen molar-refractivity contribution in [3.63, 3.8) is 0 Å². The first-order valence-electron chi connectivity index (χ1n) is 6.76. The molecule has 0 fully saturated rings. The maximum Gasteiger partial charge on any atom is 0.253 e. The van der Waals surface area contributed by atoms with Crippen molar-refractivity contribution in [1.29, 1.82) is 0 Å². The number of benzene rings is 2. The minimum Gasteiger partial charge on any atom is -0.387 e. The molecule has 2 aromatic rings. The van der Waals surface area contributed by atoms with Gasteiger partial charge in [-0.3, -0.25) is 4.79 Å². The smallest absolute Gasteiger partial charge is 0.253 e. The molecule has 2 rings (SSSR count). The van der Waals surface area contributed by atoms with Crippen LogP contribution in [0.5, 0.6) is 0 Å². The molecule has 0 radical (unpaired) electrons. The second kappa shape index (κ2) is 6.24. The molecule has 0 heterocycles. The number of amides is 1. The van der Waals surface area contributed by atoms with E-state index in [1.807, 2.05) is 50.4 Å². The van der Waals surface area contributed by atoms with Crippen LogP contribution in [0.4, 0.5) is 5.69 Å². The van der Waals surface area contributed by atoms with Gasteiger partial charge in [-0.2, -0.15) is 0 Å². The van der Waals surface area contributed by atoms with E-state index in [2.05, 4.69) is 29.7 Å². The molecule has 3 nitrogen and oxygen atoms in total. The van der Waals surface area contributed by atoms with Gasteiger partial charge in [0.1, 0.15) is 0 Å². The summed E-state index contributed by atoms with van der Waals surface area (Å²) in [6.45, 7) is 4.04. The first-order valence-corrected chi connectivity index (χ1v) is 6.76. The zero-order valence-electron chi connectivity index (χ0n) is 12.1. The summed E-state index contributed by atoms with van der Waals surface area (Å²) in [5.74, 6) is -0.0666. The summed E-state index contributed by atoms with van der Waals surface area (Å²) in [6.07, 6.45) is 0. The number of hydrogen-bond donors (Lipinski definition) is 2. The van der Waals surface area contributed by atoms with Crippen LogP contribution in [0.15, 0.2) is 48.5 Å². The Hall–Kier alpha value is -2.29. The fourth-order valence-corrected chi connectivity index (χ4v) is 2.11. The molecule has 0 aliphatic rings. The Morgan fingerprint density at radius 2 is 1.70 bits per heavy atom. The highest BCUT2D eigenvalue weighted by molar-refractivity contribution is 5.99. The van der Waals surface area contributed by atoms with Crippen LogP contribution in [0.25, 0.3) is 0 Å². The highest BCUT2D eigenvalue weighted by Crippen LogP contribution is 2.17. The van der Waals surface area contributed by atoms with Gasteiger partial charge in [0.15, 0.2) is 0 Å². The number of carbonyl (C=O) groups excluding carboxylic acids is 1. The third kappa shape index (κ3) is 3.18. The van der Waals surface area contributed by atoms with Crippen molar-refractivity contribution in [3.8, 4) is 0 Å². The summed E-state index contributed by atoms with van der Waals surface area (Å²) >= 11 is 0. The Morgan fingerprint density at radius 1 is 1.05 bits per heavy atom. The Kier molecular flexibility index (Phi) is 4.41. The summed E-state index contributed by atoms with van der Waals surface area (Å²) in [5.41, 5.74) is 3.81. The average Bonchev–Trinajstić information content (AvgIpc) is 2.47. The molecular formula is C17H20N2O. The SMILES string of the molecule is CNc1ccccc1C(=O)N[C@@H](C)c1ccc(C)cc1. The van der Waals surface area contributed by atoms with Crippen LogP contribution < -0.4 is 10.6 Å². The lowest BCUT2D eigenvalue weighted by Gasteiger charge is -2.16. The molecule has 1 atom stereocenters. The van der Waals surface area contributed by atoms with Crippen molar-refractivity contribution in [1.82, 2.24) is 5.32 Å². The van der Waals surface area contributed by atoms with Gasteiger partial charge >= 0.3 is 0 Å². The predicted octanol–water partition coefficient (Wildman–Crippen LogP) is 3.53. The number of hydrogen-bond acceptors (Lipinski definition) is 2. The first-order chi connectivity index (χ1) is 9.61. The summed E-state index contributed by atoms with van der Waals surface area (Å²) in [5, 5.41) is 6.06. The molecule has 0 bridgehead atoms. The van der Waals surface area contributed by atoms with Crippen LogP contribution in [-0.2, 0) is 0 Å². The van der Waals surface area contributed by atoms with Gasteiger partial charge in [0, 0.05) is 12.7 Å². The number of aryl methyl sites for hydroxylation is 1. The van der Waals surface area contributed by atoms with Gasteiger partial charge in [-0.15, -0.1) is 0 Å². The minimum absolute atomic E-state index is 0.0204. The van der Waals surface area contributed by atoms with Crippen LogP contribution in [0.2, 0.25) is 0 Å². The van der Waals surface area contributed by atoms with Crippen LogP contribution in [0.1, 0.15) is 34.5 Å². The van der Waals surface area contributed by atoms with Gasteiger partial charge in [0.05, 0.1) is 11.6 Å². The van der Waals surface area contributed by atoms with Crippen molar-refractivity contribution in [2.24, 2.45) is 0 Å². The molecule has 3 heteroatoms. The van der Waals surface area contributed by atoms with Crippen molar-refractivity contribution in [2.75, 3.05) is 12.4 Å². The highest BCUT2D eigenvalue weighted by Gasteiger charge is 2.13. The molecule has 104 valence electrons. The van der Waals surface area contributed by atoms with E-state index in [4.69, 9.17) is 0 Å². The van der Waals surface area contributed by atoms with Crippen molar-refractivity contribution in [3.05, 3.63) is 65.2 Å². The minimum atomic E-state index is -0.0666. The van der Waals surface area contributed by atoms with E-state index in [1.54, 1.807) is 0 Å². The molecule has 0 aliphatic heterocycles. The van der Waals surface area contributed by atoms with Gasteiger partial charge in [-0.25, -0.2) is 0 Å². The third-order valence-corrected chi connectivity index (χ3v) is 3.37. The van der Waals surface area contributed by atoms with Crippen LogP contribution in [0, 0.1) is 6.92 Å². The molecule has 20 heavy (non-hydrogen) atoms. The number of nitrogens with one attached hydrogen (secondary N) is 2. The lowest BCUT2D eigenvalue weighted by molar-refractivity contribution is 0.0940. The van der Waals surface area contributed by atoms with Crippen LogP contribution >= 0.6 is 0 Å². The number of carbonyl (C=O) groups is 1. The number of rotatable bonds is 4. The zero-order chi connectivity index (χ0) is 14.5. The van der Waals surface area contributed by atoms with E-state index in [9.17, 15) is 4.79 Å². The molecule has 0 aromatic heterocycles. The Balaban J connectivity index is 2.13. The Labute approximate surface area is 120 Å². The molecule has 2 N–H and O–H groups in total. The molecular weight excluding hydrogens is 248 g/mol. The molecule has 0 spiro atoms. The molecule has 2 aromatic carbocycles. The quantitative estimate of drug-likeness (QED) is 0.890. The predicted molar refractivity (Wildman–Crippen MR) is 83.0 cm³/mol. The fourth-order valence-electron chi connectivity index (χ4n) is 2.11. The average molecular weight is 268 g/mol. The van der Waals surface area contributed by atoms with E-state index >= 15 is 0 Å². The fraction of sp³-hybridized carbons (Fsp3) is 0.235. The molecule has 1 amide bonds. The standard InChI is InChI=1S/C17H20N2O/c1-12-8-10-14(11-9-12)13(2)19-17(20)15-6-4-5-7-16(15)18-3/h4-11,13,18H,1-3H3,(H,19,20)/t13-/m0/s1. The van der Waals surface area contributed by atoms with E-state index in [1.165, 1.54) is 5.56 Å². The van der Waals surface area contributed by atoms with Crippen LogP contribution in [0.3, 0.4) is 0 Å². The summed E-state index contributed by atoms with van der Waals surface area (Å²) in [4.78, 5) is 12.3. The van der Waals surface area contributed by atoms with Crippen molar-refractivity contribution >= 4 is 11.6 Å². The summed E-state index contributed by atoms with van der Waals surface area (Å²) in [6, 6.07) is 15.7. The molecule has 0 saturated carbocycles. The second-order valence-electron chi connectivity index (χ2n) is 4.90. The van der Waals surface area contributed by atoms with Gasteiger partial charge in [-0.05, 0) is 31.5 Å². The Morgan fingerprint density at radius 3 is 2.35 bits per heavy atom. The topological polar surface area (TPSA) is 41.1 Å². The van der Waals surface area contributed by atoms with E-state index in [0.29, 0.717) is 5.56 Å². The van der Waals surface area contributed by atoms with Gasteiger partial charge < -0.3 is 10.6 Å². The Bertz CT molecular complexity index is 590. The second-order valence-corrected chi connectivity index (χ2v) is 4.90. The lowest BCUT2D eigenvalue weighted by Crippen LogP contribution is -2.27. The molecule has 0 aliphatic carbocycles. The molecule has 0 unspecified atom stereocenters. The van der Waals surface area contributed by atoms with Gasteiger partial charge in [-0.1, -0.05) is 42.0 Å². The largest absolute Gasteiger partial charge is 0.387 e. The lowest BCUT2D eigenvalue weighted by atomic mass is 10.1. The number of anilines is 1. The third-order valence-electron chi connectivity index (χ3n) is 3.37. The monoisotopic (exact) mass is 268 g/mol. The van der Waals surface area contributed by atoms with Gasteiger partial charge in [0.2, 0.25) is 0 Å². The van der Waals surface area contributed by atoms with E-state index in [0.717, 1.165) is 11.3 Å². The van der Waals surface area contributed by atoms with E-state index in [-0.39, 0.29) is 11.9 Å². The summed E-state index contributed by atoms with van der Waals surface area (Å²) in [7, 11) is 1.81. The normalized spacial score (nSPS) is 11.8. The maximum atomic E-state index is 12.3. The summed E-state index contributed by atoms with van der Waals surface area (Å²) < 4.78 is 0. The number of para-hydroxylation sites is 1. The molecule has 0 saturated heterocycles. The zero-order valence-corrected chi connectivity index (χ0v) is 12.1. The van der Waals surface area contributed by atoms with Crippen LogP contribution in [-0.4, -0.2) is 13.0 Å². The maximum absolute atomic E-state index is 12.3. The first kappa shape index (κ1) is 14.1. The van der Waals surface area contributed by atoms with Gasteiger partial charge in [0.25, 0.3) is 5.91 Å².